The number of rotatable bonds is 0. The van der Waals surface area contributed by atoms with Crippen LogP contribution in [-0.4, -0.2) is 24.7 Å². The van der Waals surface area contributed by atoms with Gasteiger partial charge in [0.2, 0.25) is 0 Å². The number of thioether (sulfide) groups is 1. The second-order valence-electron chi connectivity index (χ2n) is 3.15. The van der Waals surface area contributed by atoms with Crippen molar-refractivity contribution < 1.29 is 4.74 Å². The molecule has 0 aromatic carbocycles. The molecule has 2 aliphatic heterocycles. The maximum atomic E-state index is 5.41. The van der Waals surface area contributed by atoms with Gasteiger partial charge in [-0.3, -0.25) is 0 Å². The van der Waals surface area contributed by atoms with Gasteiger partial charge in [-0.1, -0.05) is 0 Å². The lowest BCUT2D eigenvalue weighted by atomic mass is 9.86. The lowest BCUT2D eigenvalue weighted by molar-refractivity contribution is 0.0120. The first-order valence-corrected chi connectivity index (χ1v) is 4.72. The Morgan fingerprint density at radius 1 is 1.33 bits per heavy atom. The third-order valence-corrected chi connectivity index (χ3v) is 3.85. The van der Waals surface area contributed by atoms with E-state index in [1.807, 2.05) is 0 Å². The van der Waals surface area contributed by atoms with Crippen molar-refractivity contribution in [1.82, 2.24) is 0 Å². The summed E-state index contributed by atoms with van der Waals surface area (Å²) in [6, 6.07) is 0. The lowest BCUT2D eigenvalue weighted by Crippen LogP contribution is -2.42. The monoisotopic (exact) mass is 144 g/mol. The molecular weight excluding hydrogens is 132 g/mol. The van der Waals surface area contributed by atoms with E-state index in [1.165, 1.54) is 24.3 Å². The van der Waals surface area contributed by atoms with Gasteiger partial charge < -0.3 is 4.74 Å². The van der Waals surface area contributed by atoms with Crippen LogP contribution in [0.5, 0.6) is 0 Å². The van der Waals surface area contributed by atoms with Crippen LogP contribution in [0, 0.1) is 5.41 Å². The van der Waals surface area contributed by atoms with Crippen molar-refractivity contribution in [3.63, 3.8) is 0 Å². The molecule has 1 spiro atoms. The first-order chi connectivity index (χ1) is 4.41. The molecule has 0 N–H and O–H groups in total. The summed E-state index contributed by atoms with van der Waals surface area (Å²) in [7, 11) is 0. The summed E-state index contributed by atoms with van der Waals surface area (Å²) in [6.07, 6.45) is 2.71. The van der Waals surface area contributed by atoms with E-state index in [9.17, 15) is 0 Å². The average Bonchev–Trinajstić information content (AvgIpc) is 1.87. The van der Waals surface area contributed by atoms with Gasteiger partial charge in [0.05, 0.1) is 6.61 Å². The first-order valence-electron chi connectivity index (χ1n) is 3.57. The van der Waals surface area contributed by atoms with Gasteiger partial charge in [0.15, 0.2) is 0 Å². The Morgan fingerprint density at radius 3 is 2.56 bits per heavy atom. The average molecular weight is 144 g/mol. The highest BCUT2D eigenvalue weighted by atomic mass is 32.2. The molecule has 0 aliphatic carbocycles. The molecule has 0 saturated carbocycles. The molecule has 2 heteroatoms. The second-order valence-corrected chi connectivity index (χ2v) is 4.13. The zero-order valence-electron chi connectivity index (χ0n) is 5.56. The third-order valence-electron chi connectivity index (χ3n) is 2.22. The quantitative estimate of drug-likeness (QED) is 0.510. The summed E-state index contributed by atoms with van der Waals surface area (Å²) >= 11 is 2.06. The van der Waals surface area contributed by atoms with Crippen molar-refractivity contribution in [1.29, 1.82) is 0 Å². The standard InChI is InChI=1S/C7H12OS/c1-2-7(4-8-3-1)5-9-6-7/h1-6H2. The molecule has 52 valence electrons. The Kier molecular flexibility index (Phi) is 1.46. The van der Waals surface area contributed by atoms with E-state index in [4.69, 9.17) is 4.74 Å². The summed E-state index contributed by atoms with van der Waals surface area (Å²) in [5.41, 5.74) is 0.642. The molecule has 0 aromatic rings. The number of hydrogen-bond donors (Lipinski definition) is 0. The highest BCUT2D eigenvalue weighted by Gasteiger charge is 2.39. The van der Waals surface area contributed by atoms with E-state index in [1.54, 1.807) is 0 Å². The van der Waals surface area contributed by atoms with E-state index >= 15 is 0 Å². The van der Waals surface area contributed by atoms with Crippen molar-refractivity contribution in [2.75, 3.05) is 24.7 Å². The predicted molar refractivity (Wildman–Crippen MR) is 39.8 cm³/mol. The molecular formula is C7H12OS. The topological polar surface area (TPSA) is 9.23 Å². The minimum absolute atomic E-state index is 0.642. The van der Waals surface area contributed by atoms with Crippen LogP contribution in [0.2, 0.25) is 0 Å². The summed E-state index contributed by atoms with van der Waals surface area (Å²) in [6.45, 7) is 2.05. The van der Waals surface area contributed by atoms with Crippen LogP contribution >= 0.6 is 11.8 Å². The molecule has 0 bridgehead atoms. The smallest absolute Gasteiger partial charge is 0.0538 e. The first kappa shape index (κ1) is 6.05. The molecule has 0 radical (unpaired) electrons. The fourth-order valence-electron chi connectivity index (χ4n) is 1.53. The molecule has 9 heavy (non-hydrogen) atoms. The van der Waals surface area contributed by atoms with Gasteiger partial charge in [-0.25, -0.2) is 0 Å². The molecule has 1 nitrogen and oxygen atoms in total. The molecule has 2 heterocycles. The van der Waals surface area contributed by atoms with Crippen LogP contribution in [0.4, 0.5) is 0 Å². The SMILES string of the molecule is C1COCC2(C1)CSC2. The van der Waals surface area contributed by atoms with Gasteiger partial charge in [0, 0.05) is 23.5 Å². The number of ether oxygens (including phenoxy) is 1. The molecule has 2 aliphatic rings. The van der Waals surface area contributed by atoms with Crippen LogP contribution in [-0.2, 0) is 4.74 Å². The zero-order chi connectivity index (χ0) is 6.16. The van der Waals surface area contributed by atoms with Gasteiger partial charge in [0.25, 0.3) is 0 Å². The minimum Gasteiger partial charge on any atom is -0.381 e. The Hall–Kier alpha value is 0.310. The summed E-state index contributed by atoms with van der Waals surface area (Å²) < 4.78 is 5.41. The van der Waals surface area contributed by atoms with Gasteiger partial charge in [-0.15, -0.1) is 0 Å². The minimum atomic E-state index is 0.642. The highest BCUT2D eigenvalue weighted by Crippen LogP contribution is 2.43. The van der Waals surface area contributed by atoms with Crippen LogP contribution in [0.25, 0.3) is 0 Å². The zero-order valence-corrected chi connectivity index (χ0v) is 6.38. The predicted octanol–water partition coefficient (Wildman–Crippen LogP) is 1.53. The summed E-state index contributed by atoms with van der Waals surface area (Å²) in [4.78, 5) is 0. The summed E-state index contributed by atoms with van der Waals surface area (Å²) in [5.74, 6) is 2.71. The maximum absolute atomic E-state index is 5.41. The Balaban J connectivity index is 1.93. The molecule has 2 saturated heterocycles. The van der Waals surface area contributed by atoms with Crippen molar-refractivity contribution in [2.24, 2.45) is 5.41 Å². The Labute approximate surface area is 60.2 Å². The van der Waals surface area contributed by atoms with Gasteiger partial charge >= 0.3 is 0 Å². The van der Waals surface area contributed by atoms with Crippen molar-refractivity contribution in [2.45, 2.75) is 12.8 Å². The van der Waals surface area contributed by atoms with Crippen LogP contribution < -0.4 is 0 Å². The van der Waals surface area contributed by atoms with Crippen molar-refractivity contribution in [3.8, 4) is 0 Å². The fraction of sp³-hybridized carbons (Fsp3) is 1.00. The van der Waals surface area contributed by atoms with E-state index in [-0.39, 0.29) is 0 Å². The fourth-order valence-corrected chi connectivity index (χ4v) is 2.77. The molecule has 0 aromatic heterocycles. The largest absolute Gasteiger partial charge is 0.381 e. The van der Waals surface area contributed by atoms with Crippen molar-refractivity contribution >= 4 is 11.8 Å². The Bertz CT molecular complexity index is 101. The van der Waals surface area contributed by atoms with E-state index < -0.39 is 0 Å². The molecule has 0 unspecified atom stereocenters. The highest BCUT2D eigenvalue weighted by molar-refractivity contribution is 8.00. The van der Waals surface area contributed by atoms with Gasteiger partial charge in [-0.05, 0) is 12.8 Å². The molecule has 2 fully saturated rings. The lowest BCUT2D eigenvalue weighted by Gasteiger charge is -2.43. The Morgan fingerprint density at radius 2 is 2.22 bits per heavy atom. The van der Waals surface area contributed by atoms with E-state index in [0.29, 0.717) is 5.41 Å². The second kappa shape index (κ2) is 2.17. The molecule has 0 atom stereocenters. The van der Waals surface area contributed by atoms with E-state index in [2.05, 4.69) is 11.8 Å². The van der Waals surface area contributed by atoms with Gasteiger partial charge in [-0.2, -0.15) is 11.8 Å². The summed E-state index contributed by atoms with van der Waals surface area (Å²) in [5, 5.41) is 0. The van der Waals surface area contributed by atoms with Gasteiger partial charge in [0.1, 0.15) is 0 Å². The normalized spacial score (nSPS) is 32.0. The van der Waals surface area contributed by atoms with Crippen LogP contribution in [0.3, 0.4) is 0 Å². The van der Waals surface area contributed by atoms with Crippen LogP contribution in [0.1, 0.15) is 12.8 Å². The molecule has 0 amide bonds. The third kappa shape index (κ3) is 0.987. The number of hydrogen-bond acceptors (Lipinski definition) is 2. The van der Waals surface area contributed by atoms with Crippen LogP contribution in [0.15, 0.2) is 0 Å². The molecule has 2 rings (SSSR count). The van der Waals surface area contributed by atoms with E-state index in [0.717, 1.165) is 13.2 Å². The maximum Gasteiger partial charge on any atom is 0.0538 e. The van der Waals surface area contributed by atoms with Crippen molar-refractivity contribution in [3.05, 3.63) is 0 Å².